The van der Waals surface area contributed by atoms with Crippen molar-refractivity contribution in [2.75, 3.05) is 26.7 Å². The fourth-order valence-electron chi connectivity index (χ4n) is 2.79. The van der Waals surface area contributed by atoms with Crippen LogP contribution in [-0.4, -0.2) is 47.5 Å². The van der Waals surface area contributed by atoms with Gasteiger partial charge in [-0.15, -0.1) is 10.2 Å². The zero-order valence-corrected chi connectivity index (χ0v) is 17.1. The summed E-state index contributed by atoms with van der Waals surface area (Å²) in [4.78, 5) is 4.79. The first-order chi connectivity index (χ1) is 13.0. The third-order valence-corrected chi connectivity index (χ3v) is 4.48. The summed E-state index contributed by atoms with van der Waals surface area (Å²) in [5.41, 5.74) is 1.11. The van der Waals surface area contributed by atoms with Gasteiger partial charge in [-0.05, 0) is 24.6 Å². The Labute approximate surface area is 162 Å². The zero-order valence-electron chi connectivity index (χ0n) is 17.1. The smallest absolute Gasteiger partial charge is 0.191 e. The predicted molar refractivity (Wildman–Crippen MR) is 109 cm³/mol. The molecule has 27 heavy (non-hydrogen) atoms. The van der Waals surface area contributed by atoms with Gasteiger partial charge in [0, 0.05) is 31.5 Å². The predicted octanol–water partition coefficient (Wildman–Crippen LogP) is 2.38. The molecule has 2 aromatic rings. The molecular formula is C20H32N6O. The van der Waals surface area contributed by atoms with E-state index in [4.69, 9.17) is 9.73 Å². The number of hydrogen-bond donors (Lipinski definition) is 2. The molecule has 7 nitrogen and oxygen atoms in total. The van der Waals surface area contributed by atoms with Crippen molar-refractivity contribution in [3.8, 4) is 5.75 Å². The van der Waals surface area contributed by atoms with Crippen molar-refractivity contribution in [2.24, 2.45) is 4.99 Å². The van der Waals surface area contributed by atoms with E-state index in [0.29, 0.717) is 6.54 Å². The maximum atomic E-state index is 5.35. The van der Waals surface area contributed by atoms with Gasteiger partial charge in [-0.3, -0.25) is 4.99 Å². The van der Waals surface area contributed by atoms with Gasteiger partial charge in [-0.1, -0.05) is 32.9 Å². The molecule has 0 saturated heterocycles. The van der Waals surface area contributed by atoms with Crippen LogP contribution in [0.15, 0.2) is 35.6 Å². The second-order valence-electron chi connectivity index (χ2n) is 7.03. The van der Waals surface area contributed by atoms with Crippen molar-refractivity contribution in [1.29, 1.82) is 0 Å². The number of aliphatic imine (C=N–C) groups is 1. The van der Waals surface area contributed by atoms with Crippen molar-refractivity contribution in [2.45, 2.75) is 46.1 Å². The van der Waals surface area contributed by atoms with E-state index in [9.17, 15) is 0 Å². The zero-order chi connectivity index (χ0) is 19.7. The van der Waals surface area contributed by atoms with E-state index < -0.39 is 0 Å². The van der Waals surface area contributed by atoms with E-state index in [-0.39, 0.29) is 5.41 Å². The van der Waals surface area contributed by atoms with Gasteiger partial charge in [0.05, 0.1) is 13.7 Å². The van der Waals surface area contributed by atoms with Gasteiger partial charge in [-0.2, -0.15) is 0 Å². The van der Waals surface area contributed by atoms with Crippen LogP contribution in [0.3, 0.4) is 0 Å². The molecule has 0 bridgehead atoms. The summed E-state index contributed by atoms with van der Waals surface area (Å²) in [5.74, 6) is 2.69. The van der Waals surface area contributed by atoms with Crippen molar-refractivity contribution >= 4 is 5.96 Å². The monoisotopic (exact) mass is 372 g/mol. The van der Waals surface area contributed by atoms with E-state index in [1.165, 1.54) is 5.56 Å². The maximum absolute atomic E-state index is 5.35. The van der Waals surface area contributed by atoms with Crippen LogP contribution in [0, 0.1) is 0 Å². The Hall–Kier alpha value is -2.57. The molecule has 148 valence electrons. The number of aromatic nitrogens is 3. The minimum atomic E-state index is -0.0967. The van der Waals surface area contributed by atoms with Crippen LogP contribution < -0.4 is 15.4 Å². The lowest BCUT2D eigenvalue weighted by molar-refractivity contribution is 0.412. The summed E-state index contributed by atoms with van der Waals surface area (Å²) in [6, 6.07) is 8.18. The Morgan fingerprint density at radius 1 is 1.26 bits per heavy atom. The molecule has 0 atom stereocenters. The lowest BCUT2D eigenvalue weighted by Gasteiger charge is -2.24. The lowest BCUT2D eigenvalue weighted by Crippen LogP contribution is -2.40. The standard InChI is InChI=1S/C20H32N6O/c1-6-18-25-24-15-26(18)12-11-22-19(21-7-2)23-14-20(3,4)16-9-8-10-17(13-16)27-5/h8-10,13,15H,6-7,11-12,14H2,1-5H3,(H2,21,22,23). The van der Waals surface area contributed by atoms with E-state index in [2.05, 4.69) is 65.2 Å². The molecule has 0 radical (unpaired) electrons. The van der Waals surface area contributed by atoms with Gasteiger partial charge in [0.15, 0.2) is 5.96 Å². The van der Waals surface area contributed by atoms with Crippen LogP contribution in [0.5, 0.6) is 5.75 Å². The number of rotatable bonds is 9. The van der Waals surface area contributed by atoms with Crippen molar-refractivity contribution in [1.82, 2.24) is 25.4 Å². The largest absolute Gasteiger partial charge is 0.497 e. The fraction of sp³-hybridized carbons (Fsp3) is 0.550. The Balaban J connectivity index is 1.98. The van der Waals surface area contributed by atoms with Gasteiger partial charge in [-0.25, -0.2) is 0 Å². The summed E-state index contributed by atoms with van der Waals surface area (Å²) in [7, 11) is 1.69. The molecule has 1 aromatic heterocycles. The molecule has 0 saturated carbocycles. The number of ether oxygens (including phenoxy) is 1. The van der Waals surface area contributed by atoms with Crippen molar-refractivity contribution < 1.29 is 4.74 Å². The summed E-state index contributed by atoms with van der Waals surface area (Å²) >= 11 is 0. The first-order valence-electron chi connectivity index (χ1n) is 9.53. The van der Waals surface area contributed by atoms with Gasteiger partial charge in [0.2, 0.25) is 0 Å². The SMILES string of the molecule is CCNC(=NCC(C)(C)c1cccc(OC)c1)NCCn1cnnc1CC. The molecule has 0 spiro atoms. The number of benzene rings is 1. The van der Waals surface area contributed by atoms with Crippen LogP contribution in [0.2, 0.25) is 0 Å². The van der Waals surface area contributed by atoms with Crippen LogP contribution in [0.4, 0.5) is 0 Å². The number of aryl methyl sites for hydroxylation is 1. The number of nitrogens with zero attached hydrogens (tertiary/aromatic N) is 4. The fourth-order valence-corrected chi connectivity index (χ4v) is 2.79. The Morgan fingerprint density at radius 3 is 2.78 bits per heavy atom. The van der Waals surface area contributed by atoms with E-state index >= 15 is 0 Å². The maximum Gasteiger partial charge on any atom is 0.191 e. The summed E-state index contributed by atoms with van der Waals surface area (Å²) in [6.45, 7) is 11.6. The molecule has 0 unspecified atom stereocenters. The molecule has 0 amide bonds. The van der Waals surface area contributed by atoms with Crippen LogP contribution in [0.1, 0.15) is 39.1 Å². The first-order valence-corrected chi connectivity index (χ1v) is 9.53. The third-order valence-electron chi connectivity index (χ3n) is 4.48. The average molecular weight is 373 g/mol. The Bertz CT molecular complexity index is 738. The van der Waals surface area contributed by atoms with Crippen molar-refractivity contribution in [3.05, 3.63) is 42.0 Å². The van der Waals surface area contributed by atoms with Crippen LogP contribution >= 0.6 is 0 Å². The highest BCUT2D eigenvalue weighted by molar-refractivity contribution is 5.79. The highest BCUT2D eigenvalue weighted by Gasteiger charge is 2.21. The molecule has 0 aliphatic carbocycles. The highest BCUT2D eigenvalue weighted by Crippen LogP contribution is 2.26. The summed E-state index contributed by atoms with van der Waals surface area (Å²) in [6.07, 6.45) is 2.65. The lowest BCUT2D eigenvalue weighted by atomic mass is 9.85. The van der Waals surface area contributed by atoms with Crippen LogP contribution in [-0.2, 0) is 18.4 Å². The number of methoxy groups -OCH3 is 1. The molecule has 7 heteroatoms. The second-order valence-corrected chi connectivity index (χ2v) is 7.03. The topological polar surface area (TPSA) is 76.4 Å². The Kier molecular flexibility index (Phi) is 7.64. The second kappa shape index (κ2) is 9.94. The molecule has 0 aliphatic rings. The van der Waals surface area contributed by atoms with E-state index in [0.717, 1.165) is 43.6 Å². The molecule has 2 rings (SSSR count). The van der Waals surface area contributed by atoms with Gasteiger partial charge in [0.25, 0.3) is 0 Å². The number of hydrogen-bond acceptors (Lipinski definition) is 4. The average Bonchev–Trinajstić information content (AvgIpc) is 3.13. The van der Waals surface area contributed by atoms with E-state index in [1.54, 1.807) is 13.4 Å². The molecule has 1 aromatic carbocycles. The quantitative estimate of drug-likeness (QED) is 0.522. The van der Waals surface area contributed by atoms with Gasteiger partial charge >= 0.3 is 0 Å². The normalized spacial score (nSPS) is 12.1. The molecule has 0 fully saturated rings. The third kappa shape index (κ3) is 5.98. The van der Waals surface area contributed by atoms with E-state index in [1.807, 2.05) is 12.1 Å². The van der Waals surface area contributed by atoms with Crippen molar-refractivity contribution in [3.63, 3.8) is 0 Å². The Morgan fingerprint density at radius 2 is 2.07 bits per heavy atom. The highest BCUT2D eigenvalue weighted by atomic mass is 16.5. The van der Waals surface area contributed by atoms with Gasteiger partial charge < -0.3 is 19.9 Å². The number of guanidine groups is 1. The molecule has 2 N–H and O–H groups in total. The molecule has 1 heterocycles. The van der Waals surface area contributed by atoms with Crippen LogP contribution in [0.25, 0.3) is 0 Å². The minimum Gasteiger partial charge on any atom is -0.497 e. The number of nitrogens with one attached hydrogen (secondary N) is 2. The molecule has 0 aliphatic heterocycles. The summed E-state index contributed by atoms with van der Waals surface area (Å²) in [5, 5.41) is 14.8. The first kappa shape index (κ1) is 20.7. The summed E-state index contributed by atoms with van der Waals surface area (Å²) < 4.78 is 7.41. The minimum absolute atomic E-state index is 0.0967. The molecular weight excluding hydrogens is 340 g/mol. The van der Waals surface area contributed by atoms with Gasteiger partial charge in [0.1, 0.15) is 17.9 Å².